The summed E-state index contributed by atoms with van der Waals surface area (Å²) in [5.74, 6) is -1.43. The van der Waals surface area contributed by atoms with Crippen LogP contribution in [0.4, 0.5) is 0 Å². The number of carbonyl (C=O) groups is 4. The van der Waals surface area contributed by atoms with Gasteiger partial charge in [-0.05, 0) is 24.0 Å². The molecule has 10 heteroatoms. The monoisotopic (exact) mass is 528 g/mol. The molecule has 1 heterocycles. The van der Waals surface area contributed by atoms with Crippen LogP contribution in [0.1, 0.15) is 24.0 Å². The minimum absolute atomic E-state index is 0.0428. The molecule has 0 unspecified atom stereocenters. The highest BCUT2D eigenvalue weighted by Crippen LogP contribution is 2.10. The van der Waals surface area contributed by atoms with Crippen molar-refractivity contribution in [1.82, 2.24) is 21.3 Å². The van der Waals surface area contributed by atoms with Crippen molar-refractivity contribution in [2.75, 3.05) is 11.5 Å². The van der Waals surface area contributed by atoms with Gasteiger partial charge in [0.05, 0.1) is 0 Å². The largest absolute Gasteiger partial charge is 0.351 e. The smallest absolute Gasteiger partial charge is 0.243 e. The average Bonchev–Trinajstić information content (AvgIpc) is 2.86. The van der Waals surface area contributed by atoms with Gasteiger partial charge in [-0.1, -0.05) is 60.7 Å². The molecule has 8 nitrogen and oxygen atoms in total. The summed E-state index contributed by atoms with van der Waals surface area (Å²) in [6.45, 7) is 0. The molecule has 0 aromatic heterocycles. The normalized spacial score (nSPS) is 24.1. The molecule has 1 fully saturated rings. The van der Waals surface area contributed by atoms with Crippen LogP contribution in [0.15, 0.2) is 60.7 Å². The first-order chi connectivity index (χ1) is 17.4. The third-order valence-electron chi connectivity index (χ3n) is 5.87. The lowest BCUT2D eigenvalue weighted by atomic mass is 10.0. The maximum atomic E-state index is 13.0. The predicted octanol–water partition coefficient (Wildman–Crippen LogP) is 1.06. The second-order valence-electron chi connectivity index (χ2n) is 8.80. The number of thiol groups is 2. The molecule has 4 atom stereocenters. The van der Waals surface area contributed by atoms with Crippen LogP contribution >= 0.6 is 25.3 Å². The van der Waals surface area contributed by atoms with Crippen molar-refractivity contribution < 1.29 is 19.2 Å². The summed E-state index contributed by atoms with van der Waals surface area (Å²) in [5, 5.41) is 11.2. The van der Waals surface area contributed by atoms with E-state index in [1.54, 1.807) is 0 Å². The van der Waals surface area contributed by atoms with Gasteiger partial charge in [0.25, 0.3) is 0 Å². The van der Waals surface area contributed by atoms with E-state index in [2.05, 4.69) is 46.5 Å². The minimum Gasteiger partial charge on any atom is -0.351 e. The number of rotatable bonds is 6. The quantitative estimate of drug-likeness (QED) is 0.315. The highest BCUT2D eigenvalue weighted by Gasteiger charge is 2.29. The summed E-state index contributed by atoms with van der Waals surface area (Å²) in [5.41, 5.74) is 1.88. The van der Waals surface area contributed by atoms with Crippen molar-refractivity contribution in [2.24, 2.45) is 0 Å². The van der Waals surface area contributed by atoms with Gasteiger partial charge in [0.15, 0.2) is 0 Å². The van der Waals surface area contributed by atoms with E-state index < -0.39 is 36.0 Å². The van der Waals surface area contributed by atoms with Crippen molar-refractivity contribution in [3.8, 4) is 0 Å². The van der Waals surface area contributed by atoms with Gasteiger partial charge in [0.1, 0.15) is 12.1 Å². The topological polar surface area (TPSA) is 116 Å². The summed E-state index contributed by atoms with van der Waals surface area (Å²) in [6.07, 6.45) is 0.728. The molecule has 3 rings (SSSR count). The van der Waals surface area contributed by atoms with Crippen LogP contribution in [-0.4, -0.2) is 59.3 Å². The molecule has 36 heavy (non-hydrogen) atoms. The number of nitrogens with one attached hydrogen (secondary N) is 4. The van der Waals surface area contributed by atoms with Crippen LogP contribution in [0.25, 0.3) is 0 Å². The first kappa shape index (κ1) is 27.6. The van der Waals surface area contributed by atoms with Gasteiger partial charge in [-0.3, -0.25) is 19.2 Å². The molecule has 4 amide bonds. The Labute approximate surface area is 222 Å². The highest BCUT2D eigenvalue weighted by atomic mass is 32.1. The van der Waals surface area contributed by atoms with Crippen LogP contribution in [0, 0.1) is 0 Å². The predicted molar refractivity (Wildman–Crippen MR) is 145 cm³/mol. The van der Waals surface area contributed by atoms with Crippen molar-refractivity contribution in [3.63, 3.8) is 0 Å². The Morgan fingerprint density at radius 3 is 1.28 bits per heavy atom. The second kappa shape index (κ2) is 13.9. The number of amides is 4. The molecule has 0 saturated carbocycles. The summed E-state index contributed by atoms with van der Waals surface area (Å²) >= 11 is 8.50. The van der Waals surface area contributed by atoms with E-state index in [1.165, 1.54) is 0 Å². The van der Waals surface area contributed by atoms with Crippen molar-refractivity contribution in [1.29, 1.82) is 0 Å². The molecule has 0 radical (unpaired) electrons. The molecule has 0 spiro atoms. The number of benzene rings is 2. The SMILES string of the molecule is O=C1C[C@H](Cc2ccccc2)NC(=O)[C@H](CS)NC(=O)C[C@H](Cc2ccccc2)NC(=O)[C@H](CS)N1. The van der Waals surface area contributed by atoms with Gasteiger partial charge in [-0.25, -0.2) is 0 Å². The van der Waals surface area contributed by atoms with Crippen molar-refractivity contribution in [2.45, 2.75) is 49.9 Å². The summed E-state index contributed by atoms with van der Waals surface area (Å²) in [7, 11) is 0. The first-order valence-corrected chi connectivity index (χ1v) is 13.1. The Kier molecular flexibility index (Phi) is 10.7. The third-order valence-corrected chi connectivity index (χ3v) is 6.61. The fourth-order valence-corrected chi connectivity index (χ4v) is 4.61. The van der Waals surface area contributed by atoms with E-state index in [4.69, 9.17) is 0 Å². The molecule has 0 bridgehead atoms. The lowest BCUT2D eigenvalue weighted by Crippen LogP contribution is -2.56. The van der Waals surface area contributed by atoms with Gasteiger partial charge in [-0.15, -0.1) is 0 Å². The lowest BCUT2D eigenvalue weighted by molar-refractivity contribution is -0.132. The molecular formula is C26H32N4O4S2. The molecule has 192 valence electrons. The highest BCUT2D eigenvalue weighted by molar-refractivity contribution is 7.80. The van der Waals surface area contributed by atoms with E-state index in [0.717, 1.165) is 11.1 Å². The first-order valence-electron chi connectivity index (χ1n) is 11.9. The Morgan fingerprint density at radius 1 is 0.583 bits per heavy atom. The zero-order chi connectivity index (χ0) is 25.9. The fraction of sp³-hybridized carbons (Fsp3) is 0.385. The Bertz CT molecular complexity index is 955. The summed E-state index contributed by atoms with van der Waals surface area (Å²) in [6, 6.07) is 16.1. The zero-order valence-corrected chi connectivity index (χ0v) is 21.6. The van der Waals surface area contributed by atoms with Crippen LogP contribution in [0.3, 0.4) is 0 Å². The minimum atomic E-state index is -0.886. The van der Waals surface area contributed by atoms with Gasteiger partial charge < -0.3 is 21.3 Å². The molecule has 2 aromatic carbocycles. The lowest BCUT2D eigenvalue weighted by Gasteiger charge is -2.27. The molecule has 2 aromatic rings. The van der Waals surface area contributed by atoms with E-state index >= 15 is 0 Å². The van der Waals surface area contributed by atoms with E-state index in [-0.39, 0.29) is 36.2 Å². The zero-order valence-electron chi connectivity index (χ0n) is 19.9. The van der Waals surface area contributed by atoms with Gasteiger partial charge in [-0.2, -0.15) is 25.3 Å². The van der Waals surface area contributed by atoms with Crippen molar-refractivity contribution >= 4 is 48.9 Å². The maximum Gasteiger partial charge on any atom is 0.243 e. The van der Waals surface area contributed by atoms with Crippen LogP contribution < -0.4 is 21.3 Å². The second-order valence-corrected chi connectivity index (χ2v) is 9.53. The Morgan fingerprint density at radius 2 is 0.944 bits per heavy atom. The Hall–Kier alpha value is -2.98. The standard InChI is InChI=1S/C26H32N4O4S2/c31-23-13-19(11-17-7-3-1-4-8-17)27-25(33)21(15-35)30-24(32)14-20(12-18-9-5-2-6-10-18)28-26(34)22(16-36)29-23/h1-10,19-22,35-36H,11-16H2,(H,27,33)(H,28,34)(H,29,31)(H,30,32)/t19-,20-,21-,22-/m0/s1. The van der Waals surface area contributed by atoms with Crippen molar-refractivity contribution in [3.05, 3.63) is 71.8 Å². The molecule has 0 aliphatic carbocycles. The molecule has 1 aliphatic heterocycles. The van der Waals surface area contributed by atoms with Gasteiger partial charge >= 0.3 is 0 Å². The van der Waals surface area contributed by atoms with Crippen LogP contribution in [0.2, 0.25) is 0 Å². The van der Waals surface area contributed by atoms with Gasteiger partial charge in [0, 0.05) is 36.4 Å². The average molecular weight is 529 g/mol. The summed E-state index contributed by atoms with van der Waals surface area (Å²) in [4.78, 5) is 51.8. The Balaban J connectivity index is 1.83. The van der Waals surface area contributed by atoms with Gasteiger partial charge in [0.2, 0.25) is 23.6 Å². The third kappa shape index (κ3) is 8.60. The van der Waals surface area contributed by atoms with E-state index in [1.807, 2.05) is 60.7 Å². The maximum absolute atomic E-state index is 13.0. The molecular weight excluding hydrogens is 496 g/mol. The summed E-state index contributed by atoms with van der Waals surface area (Å²) < 4.78 is 0. The number of hydrogen-bond donors (Lipinski definition) is 6. The van der Waals surface area contributed by atoms with E-state index in [0.29, 0.717) is 12.8 Å². The number of carbonyl (C=O) groups excluding carboxylic acids is 4. The van der Waals surface area contributed by atoms with E-state index in [9.17, 15) is 19.2 Å². The fourth-order valence-electron chi connectivity index (χ4n) is 4.09. The van der Waals surface area contributed by atoms with Crippen LogP contribution in [-0.2, 0) is 32.0 Å². The molecule has 1 aliphatic rings. The van der Waals surface area contributed by atoms with Crippen LogP contribution in [0.5, 0.6) is 0 Å². The number of hydrogen-bond acceptors (Lipinski definition) is 6. The molecule has 4 N–H and O–H groups in total. The molecule has 1 saturated heterocycles.